The van der Waals surface area contributed by atoms with Crippen LogP contribution in [0.4, 0.5) is 0 Å². The highest BCUT2D eigenvalue weighted by Crippen LogP contribution is 2.23. The third-order valence-electron chi connectivity index (χ3n) is 5.18. The SMILES string of the molecule is Cc1c(CCc2ccc(CS(=O)(=O)C(C)(C)C)cc2)ccc2oc(=O)ccc12. The summed E-state index contributed by atoms with van der Waals surface area (Å²) in [6, 6.07) is 14.9. The molecule has 0 spiro atoms. The minimum Gasteiger partial charge on any atom is -0.423 e. The molecule has 0 saturated heterocycles. The first-order valence-corrected chi connectivity index (χ1v) is 11.0. The predicted molar refractivity (Wildman–Crippen MR) is 113 cm³/mol. The van der Waals surface area contributed by atoms with Gasteiger partial charge >= 0.3 is 5.63 Å². The second-order valence-corrected chi connectivity index (χ2v) is 10.9. The summed E-state index contributed by atoms with van der Waals surface area (Å²) in [7, 11) is -3.18. The second kappa shape index (κ2) is 7.55. The molecule has 3 aromatic rings. The maximum absolute atomic E-state index is 12.4. The summed E-state index contributed by atoms with van der Waals surface area (Å²) >= 11 is 0. The van der Waals surface area contributed by atoms with Crippen LogP contribution in [0.3, 0.4) is 0 Å². The van der Waals surface area contributed by atoms with E-state index in [9.17, 15) is 13.2 Å². The Bertz CT molecular complexity index is 1150. The molecule has 5 heteroatoms. The van der Waals surface area contributed by atoms with Crippen molar-refractivity contribution in [3.63, 3.8) is 0 Å². The molecular weight excluding hydrogens is 372 g/mol. The molecular formula is C23H26O4S. The molecule has 148 valence electrons. The average Bonchev–Trinajstić information content (AvgIpc) is 2.61. The van der Waals surface area contributed by atoms with E-state index in [1.54, 1.807) is 20.8 Å². The van der Waals surface area contributed by atoms with Crippen molar-refractivity contribution < 1.29 is 12.8 Å². The highest BCUT2D eigenvalue weighted by Gasteiger charge is 2.28. The monoisotopic (exact) mass is 398 g/mol. The predicted octanol–water partition coefficient (Wildman–Crippen LogP) is 4.60. The van der Waals surface area contributed by atoms with Gasteiger partial charge in [-0.3, -0.25) is 0 Å². The van der Waals surface area contributed by atoms with Crippen LogP contribution < -0.4 is 5.63 Å². The fourth-order valence-electron chi connectivity index (χ4n) is 3.13. The molecule has 1 aromatic heterocycles. The molecule has 0 unspecified atom stereocenters. The van der Waals surface area contributed by atoms with E-state index in [4.69, 9.17) is 4.42 Å². The summed E-state index contributed by atoms with van der Waals surface area (Å²) in [5.41, 5.74) is 4.58. The van der Waals surface area contributed by atoms with Crippen LogP contribution in [0, 0.1) is 6.92 Å². The van der Waals surface area contributed by atoms with E-state index < -0.39 is 14.6 Å². The smallest absolute Gasteiger partial charge is 0.336 e. The number of benzene rings is 2. The van der Waals surface area contributed by atoms with Crippen molar-refractivity contribution in [2.45, 2.75) is 51.0 Å². The molecule has 0 atom stereocenters. The summed E-state index contributed by atoms with van der Waals surface area (Å²) < 4.78 is 29.2. The molecule has 0 amide bonds. The molecule has 0 aliphatic rings. The lowest BCUT2D eigenvalue weighted by Crippen LogP contribution is -2.29. The first kappa shape index (κ1) is 20.3. The Labute approximate surface area is 166 Å². The first-order chi connectivity index (χ1) is 13.1. The number of aryl methyl sites for hydroxylation is 3. The van der Waals surface area contributed by atoms with Gasteiger partial charge in [-0.15, -0.1) is 0 Å². The fraction of sp³-hybridized carbons (Fsp3) is 0.348. The van der Waals surface area contributed by atoms with Crippen LogP contribution in [-0.2, 0) is 28.4 Å². The number of fused-ring (bicyclic) bond motifs is 1. The minimum absolute atomic E-state index is 0.0613. The van der Waals surface area contributed by atoms with Crippen molar-refractivity contribution in [2.24, 2.45) is 0 Å². The molecule has 0 fully saturated rings. The third kappa shape index (κ3) is 4.36. The number of sulfone groups is 1. The van der Waals surface area contributed by atoms with E-state index in [1.807, 2.05) is 49.4 Å². The van der Waals surface area contributed by atoms with E-state index in [2.05, 4.69) is 0 Å². The van der Waals surface area contributed by atoms with Crippen molar-refractivity contribution >= 4 is 20.8 Å². The highest BCUT2D eigenvalue weighted by atomic mass is 32.2. The summed E-state index contributed by atoms with van der Waals surface area (Å²) in [4.78, 5) is 11.4. The molecule has 28 heavy (non-hydrogen) atoms. The Kier molecular flexibility index (Phi) is 5.48. The van der Waals surface area contributed by atoms with Crippen molar-refractivity contribution in [3.8, 4) is 0 Å². The maximum atomic E-state index is 12.4. The average molecular weight is 399 g/mol. The van der Waals surface area contributed by atoms with Crippen LogP contribution in [0.1, 0.15) is 43.0 Å². The van der Waals surface area contributed by atoms with E-state index in [0.717, 1.165) is 34.9 Å². The Morgan fingerprint density at radius 2 is 1.50 bits per heavy atom. The second-order valence-electron chi connectivity index (χ2n) is 8.20. The van der Waals surface area contributed by atoms with Crippen LogP contribution in [-0.4, -0.2) is 13.2 Å². The van der Waals surface area contributed by atoms with Gasteiger partial charge in [-0.1, -0.05) is 30.3 Å². The zero-order chi connectivity index (χ0) is 20.5. The Morgan fingerprint density at radius 1 is 0.857 bits per heavy atom. The molecule has 0 N–H and O–H groups in total. The normalized spacial score (nSPS) is 12.4. The van der Waals surface area contributed by atoms with E-state index in [0.29, 0.717) is 5.58 Å². The van der Waals surface area contributed by atoms with Gasteiger partial charge in [0.1, 0.15) is 5.58 Å². The van der Waals surface area contributed by atoms with Gasteiger partial charge < -0.3 is 4.42 Å². The Balaban J connectivity index is 1.72. The molecule has 0 aliphatic carbocycles. The largest absolute Gasteiger partial charge is 0.423 e. The molecule has 0 aliphatic heterocycles. The topological polar surface area (TPSA) is 64.3 Å². The summed E-state index contributed by atoms with van der Waals surface area (Å²) in [6.07, 6.45) is 1.72. The van der Waals surface area contributed by atoms with Gasteiger partial charge in [0, 0.05) is 11.5 Å². The van der Waals surface area contributed by atoms with Crippen molar-refractivity contribution in [3.05, 3.63) is 81.2 Å². The molecule has 3 rings (SSSR count). The fourth-order valence-corrected chi connectivity index (χ4v) is 4.19. The van der Waals surface area contributed by atoms with Crippen LogP contribution in [0.25, 0.3) is 11.0 Å². The van der Waals surface area contributed by atoms with Crippen molar-refractivity contribution in [2.75, 3.05) is 0 Å². The van der Waals surface area contributed by atoms with Gasteiger partial charge in [-0.2, -0.15) is 0 Å². The van der Waals surface area contributed by atoms with Gasteiger partial charge in [0.2, 0.25) is 0 Å². The lowest BCUT2D eigenvalue weighted by Gasteiger charge is -2.19. The minimum atomic E-state index is -3.18. The quantitative estimate of drug-likeness (QED) is 0.589. The molecule has 2 aromatic carbocycles. The summed E-state index contributed by atoms with van der Waals surface area (Å²) in [5.74, 6) is 0.0613. The number of rotatable bonds is 5. The summed E-state index contributed by atoms with van der Waals surface area (Å²) in [6.45, 7) is 7.23. The van der Waals surface area contributed by atoms with Crippen LogP contribution in [0.15, 0.2) is 57.7 Å². The van der Waals surface area contributed by atoms with Crippen molar-refractivity contribution in [1.82, 2.24) is 0 Å². The number of hydrogen-bond acceptors (Lipinski definition) is 4. The molecule has 0 bridgehead atoms. The zero-order valence-corrected chi connectivity index (χ0v) is 17.6. The highest BCUT2D eigenvalue weighted by molar-refractivity contribution is 7.91. The summed E-state index contributed by atoms with van der Waals surface area (Å²) in [5, 5.41) is 0.958. The van der Waals surface area contributed by atoms with E-state index >= 15 is 0 Å². The van der Waals surface area contributed by atoms with Gasteiger partial charge in [0.25, 0.3) is 0 Å². The van der Waals surface area contributed by atoms with Crippen molar-refractivity contribution in [1.29, 1.82) is 0 Å². The first-order valence-electron chi connectivity index (χ1n) is 9.39. The number of hydrogen-bond donors (Lipinski definition) is 0. The van der Waals surface area contributed by atoms with Crippen LogP contribution >= 0.6 is 0 Å². The maximum Gasteiger partial charge on any atom is 0.336 e. The molecule has 1 heterocycles. The standard InChI is InChI=1S/C23H26O4S/c1-16-19(11-13-21-20(16)12-14-22(24)27-21)10-9-17-5-7-18(8-6-17)15-28(25,26)23(2,3)4/h5-8,11-14H,9-10,15H2,1-4H3. The van der Waals surface area contributed by atoms with E-state index in [-0.39, 0.29) is 11.4 Å². The molecule has 0 saturated carbocycles. The van der Waals surface area contributed by atoms with Gasteiger partial charge in [0.15, 0.2) is 9.84 Å². The lowest BCUT2D eigenvalue weighted by molar-refractivity contribution is 0.559. The van der Waals surface area contributed by atoms with Gasteiger partial charge in [-0.05, 0) is 74.9 Å². The van der Waals surface area contributed by atoms with Crippen LogP contribution in [0.2, 0.25) is 0 Å². The molecule has 4 nitrogen and oxygen atoms in total. The van der Waals surface area contributed by atoms with Gasteiger partial charge in [-0.25, -0.2) is 13.2 Å². The lowest BCUT2D eigenvalue weighted by atomic mass is 9.97. The van der Waals surface area contributed by atoms with Gasteiger partial charge in [0.05, 0.1) is 10.5 Å². The zero-order valence-electron chi connectivity index (χ0n) is 16.8. The molecule has 0 radical (unpaired) electrons. The van der Waals surface area contributed by atoms with Crippen LogP contribution in [0.5, 0.6) is 0 Å². The Hall–Kier alpha value is -2.40. The Morgan fingerprint density at radius 3 is 2.14 bits per heavy atom. The van der Waals surface area contributed by atoms with E-state index in [1.165, 1.54) is 11.6 Å². The third-order valence-corrected chi connectivity index (χ3v) is 7.76.